The van der Waals surface area contributed by atoms with Gasteiger partial charge in [0.15, 0.2) is 11.5 Å². The number of amides is 2. The van der Waals surface area contributed by atoms with Crippen molar-refractivity contribution in [2.75, 3.05) is 13.3 Å². The largest absolute Gasteiger partial charge is 0.454 e. The third-order valence-corrected chi connectivity index (χ3v) is 4.35. The van der Waals surface area contributed by atoms with E-state index in [1.807, 2.05) is 42.5 Å². The quantitative estimate of drug-likeness (QED) is 0.732. The van der Waals surface area contributed by atoms with Crippen molar-refractivity contribution in [1.82, 2.24) is 10.6 Å². The Morgan fingerprint density at radius 1 is 0.852 bits per heavy atom. The van der Waals surface area contributed by atoms with Crippen molar-refractivity contribution >= 4 is 22.6 Å². The van der Waals surface area contributed by atoms with Crippen LogP contribution < -0.4 is 20.1 Å². The predicted molar refractivity (Wildman–Crippen MR) is 101 cm³/mol. The molecular weight excluding hydrogens is 344 g/mol. The van der Waals surface area contributed by atoms with Crippen LogP contribution in [0, 0.1) is 0 Å². The first-order valence-electron chi connectivity index (χ1n) is 8.61. The highest BCUT2D eigenvalue weighted by atomic mass is 16.7. The van der Waals surface area contributed by atoms with E-state index < -0.39 is 0 Å². The van der Waals surface area contributed by atoms with E-state index >= 15 is 0 Å². The molecule has 27 heavy (non-hydrogen) atoms. The summed E-state index contributed by atoms with van der Waals surface area (Å²) in [6.45, 7) is 0.460. The molecule has 2 N–H and O–H groups in total. The van der Waals surface area contributed by atoms with Crippen LogP contribution in [0.5, 0.6) is 11.5 Å². The van der Waals surface area contributed by atoms with Crippen LogP contribution in [0.15, 0.2) is 60.7 Å². The minimum absolute atomic E-state index is 0.0964. The zero-order valence-electron chi connectivity index (χ0n) is 14.5. The lowest BCUT2D eigenvalue weighted by Crippen LogP contribution is -2.36. The van der Waals surface area contributed by atoms with E-state index in [0.29, 0.717) is 23.6 Å². The van der Waals surface area contributed by atoms with Crippen molar-refractivity contribution in [1.29, 1.82) is 0 Å². The summed E-state index contributed by atoms with van der Waals surface area (Å²) in [5.41, 5.74) is 1.42. The standard InChI is InChI=1S/C21H18N2O4/c24-20(22-11-14-5-6-15-3-1-2-4-16(15)9-14)12-23-21(25)17-7-8-18-19(10-17)27-13-26-18/h1-10H,11-13H2,(H,22,24)(H,23,25). The number of carbonyl (C=O) groups excluding carboxylic acids is 2. The number of hydrogen-bond acceptors (Lipinski definition) is 4. The molecule has 0 atom stereocenters. The first kappa shape index (κ1) is 16.9. The van der Waals surface area contributed by atoms with Gasteiger partial charge in [-0.2, -0.15) is 0 Å². The van der Waals surface area contributed by atoms with Crippen LogP contribution in [-0.4, -0.2) is 25.2 Å². The summed E-state index contributed by atoms with van der Waals surface area (Å²) >= 11 is 0. The SMILES string of the molecule is O=C(CNC(=O)c1ccc2c(c1)OCO2)NCc1ccc2ccccc2c1. The van der Waals surface area contributed by atoms with Crippen LogP contribution in [-0.2, 0) is 11.3 Å². The molecule has 4 rings (SSSR count). The molecule has 1 aliphatic rings. The van der Waals surface area contributed by atoms with Crippen LogP contribution in [0.4, 0.5) is 0 Å². The number of ether oxygens (including phenoxy) is 2. The minimum Gasteiger partial charge on any atom is -0.454 e. The van der Waals surface area contributed by atoms with E-state index in [4.69, 9.17) is 9.47 Å². The van der Waals surface area contributed by atoms with Gasteiger partial charge in [-0.25, -0.2) is 0 Å². The molecule has 6 nitrogen and oxygen atoms in total. The lowest BCUT2D eigenvalue weighted by molar-refractivity contribution is -0.120. The second-order valence-corrected chi connectivity index (χ2v) is 6.21. The number of fused-ring (bicyclic) bond motifs is 2. The van der Waals surface area contributed by atoms with Crippen molar-refractivity contribution in [2.24, 2.45) is 0 Å². The van der Waals surface area contributed by atoms with Gasteiger partial charge >= 0.3 is 0 Å². The fourth-order valence-corrected chi connectivity index (χ4v) is 2.91. The Bertz CT molecular complexity index is 1020. The van der Waals surface area contributed by atoms with E-state index in [0.717, 1.165) is 16.3 Å². The highest BCUT2D eigenvalue weighted by molar-refractivity contribution is 5.97. The van der Waals surface area contributed by atoms with Crippen molar-refractivity contribution in [3.63, 3.8) is 0 Å². The lowest BCUT2D eigenvalue weighted by Gasteiger charge is -2.08. The fourth-order valence-electron chi connectivity index (χ4n) is 2.91. The maximum Gasteiger partial charge on any atom is 0.251 e. The molecule has 0 bridgehead atoms. The topological polar surface area (TPSA) is 76.7 Å². The molecule has 2 amide bonds. The van der Waals surface area contributed by atoms with E-state index in [2.05, 4.69) is 10.6 Å². The summed E-state index contributed by atoms with van der Waals surface area (Å²) in [4.78, 5) is 24.2. The molecule has 1 aliphatic heterocycles. The third kappa shape index (κ3) is 3.84. The van der Waals surface area contributed by atoms with Gasteiger partial charge in [-0.3, -0.25) is 9.59 Å². The summed E-state index contributed by atoms with van der Waals surface area (Å²) in [6, 6.07) is 19.0. The molecule has 0 spiro atoms. The van der Waals surface area contributed by atoms with Crippen LogP contribution in [0.2, 0.25) is 0 Å². The molecule has 0 aliphatic carbocycles. The summed E-state index contributed by atoms with van der Waals surface area (Å²) in [5.74, 6) is 0.550. The second-order valence-electron chi connectivity index (χ2n) is 6.21. The number of rotatable bonds is 5. The first-order chi connectivity index (χ1) is 13.2. The Labute approximate surface area is 156 Å². The van der Waals surface area contributed by atoms with Gasteiger partial charge in [0.1, 0.15) is 0 Å². The fraction of sp³-hybridized carbons (Fsp3) is 0.143. The van der Waals surface area contributed by atoms with Crippen LogP contribution in [0.3, 0.4) is 0 Å². The molecular formula is C21H18N2O4. The molecule has 0 saturated heterocycles. The Hall–Kier alpha value is -3.54. The molecule has 3 aromatic rings. The van der Waals surface area contributed by atoms with Gasteiger partial charge in [-0.05, 0) is 40.6 Å². The van der Waals surface area contributed by atoms with Crippen LogP contribution in [0.25, 0.3) is 10.8 Å². The Balaban J connectivity index is 1.29. The first-order valence-corrected chi connectivity index (χ1v) is 8.61. The van der Waals surface area contributed by atoms with Gasteiger partial charge in [0.25, 0.3) is 5.91 Å². The zero-order chi connectivity index (χ0) is 18.6. The molecule has 0 aromatic heterocycles. The monoisotopic (exact) mass is 362 g/mol. The highest BCUT2D eigenvalue weighted by Gasteiger charge is 2.16. The number of nitrogens with one attached hydrogen (secondary N) is 2. The van der Waals surface area contributed by atoms with E-state index in [9.17, 15) is 9.59 Å². The zero-order valence-corrected chi connectivity index (χ0v) is 14.5. The Morgan fingerprint density at radius 3 is 2.56 bits per heavy atom. The Morgan fingerprint density at radius 2 is 1.67 bits per heavy atom. The second kappa shape index (κ2) is 7.37. The van der Waals surface area contributed by atoms with E-state index in [-0.39, 0.29) is 25.2 Å². The molecule has 0 unspecified atom stereocenters. The summed E-state index contributed by atoms with van der Waals surface area (Å²) in [7, 11) is 0. The van der Waals surface area contributed by atoms with Gasteiger partial charge in [-0.15, -0.1) is 0 Å². The predicted octanol–water partition coefficient (Wildman–Crippen LogP) is 2.61. The summed E-state index contributed by atoms with van der Waals surface area (Å²) in [6.07, 6.45) is 0. The average molecular weight is 362 g/mol. The maximum atomic E-state index is 12.2. The minimum atomic E-state index is -0.339. The van der Waals surface area contributed by atoms with Crippen LogP contribution >= 0.6 is 0 Å². The normalized spacial score (nSPS) is 12.0. The number of carbonyl (C=O) groups is 2. The lowest BCUT2D eigenvalue weighted by atomic mass is 10.1. The van der Waals surface area contributed by atoms with Crippen molar-refractivity contribution < 1.29 is 19.1 Å². The maximum absolute atomic E-state index is 12.2. The van der Waals surface area contributed by atoms with Gasteiger partial charge in [-0.1, -0.05) is 36.4 Å². The van der Waals surface area contributed by atoms with Gasteiger partial charge in [0.2, 0.25) is 12.7 Å². The summed E-state index contributed by atoms with van der Waals surface area (Å²) in [5, 5.41) is 7.70. The smallest absolute Gasteiger partial charge is 0.251 e. The van der Waals surface area contributed by atoms with Gasteiger partial charge in [0, 0.05) is 12.1 Å². The summed E-state index contributed by atoms with van der Waals surface area (Å²) < 4.78 is 10.5. The molecule has 136 valence electrons. The highest BCUT2D eigenvalue weighted by Crippen LogP contribution is 2.32. The molecule has 0 fully saturated rings. The van der Waals surface area contributed by atoms with Crippen molar-refractivity contribution in [2.45, 2.75) is 6.54 Å². The molecule has 3 aromatic carbocycles. The Kier molecular flexibility index (Phi) is 4.61. The van der Waals surface area contributed by atoms with Gasteiger partial charge in [0.05, 0.1) is 6.54 Å². The van der Waals surface area contributed by atoms with Crippen molar-refractivity contribution in [3.8, 4) is 11.5 Å². The molecule has 0 radical (unpaired) electrons. The molecule has 6 heteroatoms. The van der Waals surface area contributed by atoms with Crippen molar-refractivity contribution in [3.05, 3.63) is 71.8 Å². The van der Waals surface area contributed by atoms with E-state index in [1.165, 1.54) is 0 Å². The van der Waals surface area contributed by atoms with E-state index in [1.54, 1.807) is 18.2 Å². The van der Waals surface area contributed by atoms with Crippen LogP contribution in [0.1, 0.15) is 15.9 Å². The molecule has 0 saturated carbocycles. The average Bonchev–Trinajstić information content (AvgIpc) is 3.18. The number of hydrogen-bond donors (Lipinski definition) is 2. The third-order valence-electron chi connectivity index (χ3n) is 4.35. The molecule has 1 heterocycles. The van der Waals surface area contributed by atoms with Gasteiger partial charge < -0.3 is 20.1 Å². The number of benzene rings is 3.